The SMILES string of the molecule is CCCN1CCC(N(C)C(=O)c2csc(C(C)N)n2)CC1. The van der Waals surface area contributed by atoms with Gasteiger partial charge in [-0.3, -0.25) is 4.79 Å². The zero-order chi connectivity index (χ0) is 15.4. The van der Waals surface area contributed by atoms with Crippen molar-refractivity contribution in [2.75, 3.05) is 26.7 Å². The maximum Gasteiger partial charge on any atom is 0.273 e. The number of hydrogen-bond acceptors (Lipinski definition) is 5. The van der Waals surface area contributed by atoms with E-state index in [0.717, 1.165) is 37.5 Å². The first-order valence-electron chi connectivity index (χ1n) is 7.73. The van der Waals surface area contributed by atoms with Crippen LogP contribution >= 0.6 is 11.3 Å². The Morgan fingerprint density at radius 3 is 2.76 bits per heavy atom. The minimum Gasteiger partial charge on any atom is -0.337 e. The van der Waals surface area contributed by atoms with E-state index in [4.69, 9.17) is 5.73 Å². The van der Waals surface area contributed by atoms with Gasteiger partial charge in [0.05, 0.1) is 6.04 Å². The van der Waals surface area contributed by atoms with E-state index in [-0.39, 0.29) is 11.9 Å². The number of rotatable bonds is 5. The van der Waals surface area contributed by atoms with Crippen molar-refractivity contribution in [2.24, 2.45) is 5.73 Å². The van der Waals surface area contributed by atoms with Crippen molar-refractivity contribution in [2.45, 2.75) is 45.2 Å². The number of nitrogens with two attached hydrogens (primary N) is 1. The number of likely N-dealkylation sites (tertiary alicyclic amines) is 1. The third kappa shape index (κ3) is 4.02. The molecule has 2 rings (SSSR count). The molecule has 1 aromatic heterocycles. The van der Waals surface area contributed by atoms with Crippen LogP contribution in [0.1, 0.15) is 54.6 Å². The van der Waals surface area contributed by atoms with Gasteiger partial charge in [0.15, 0.2) is 0 Å². The Morgan fingerprint density at radius 2 is 2.24 bits per heavy atom. The van der Waals surface area contributed by atoms with Gasteiger partial charge in [-0.15, -0.1) is 11.3 Å². The molecule has 2 N–H and O–H groups in total. The van der Waals surface area contributed by atoms with Crippen LogP contribution in [0.4, 0.5) is 0 Å². The van der Waals surface area contributed by atoms with E-state index in [1.54, 1.807) is 0 Å². The van der Waals surface area contributed by atoms with Gasteiger partial charge in [0.25, 0.3) is 5.91 Å². The first kappa shape index (κ1) is 16.4. The lowest BCUT2D eigenvalue weighted by Gasteiger charge is -2.36. The molecule has 1 unspecified atom stereocenters. The number of aromatic nitrogens is 1. The normalized spacial score (nSPS) is 18.7. The van der Waals surface area contributed by atoms with Crippen molar-refractivity contribution >= 4 is 17.2 Å². The van der Waals surface area contributed by atoms with Crippen LogP contribution < -0.4 is 5.73 Å². The predicted molar refractivity (Wildman–Crippen MR) is 86.6 cm³/mol. The number of nitrogens with zero attached hydrogens (tertiary/aromatic N) is 3. The average Bonchev–Trinajstić information content (AvgIpc) is 2.97. The fourth-order valence-corrected chi connectivity index (χ4v) is 3.54. The number of hydrogen-bond donors (Lipinski definition) is 1. The number of amides is 1. The summed E-state index contributed by atoms with van der Waals surface area (Å²) in [5.74, 6) is 0.0205. The molecule has 0 aromatic carbocycles. The fraction of sp³-hybridized carbons (Fsp3) is 0.733. The van der Waals surface area contributed by atoms with Crippen molar-refractivity contribution < 1.29 is 4.79 Å². The Morgan fingerprint density at radius 1 is 1.57 bits per heavy atom. The molecule has 6 heteroatoms. The van der Waals surface area contributed by atoms with Gasteiger partial charge in [0.2, 0.25) is 0 Å². The van der Waals surface area contributed by atoms with E-state index in [1.807, 2.05) is 24.3 Å². The largest absolute Gasteiger partial charge is 0.337 e. The van der Waals surface area contributed by atoms with Gasteiger partial charge >= 0.3 is 0 Å². The molecule has 0 aliphatic carbocycles. The van der Waals surface area contributed by atoms with Gasteiger partial charge in [0, 0.05) is 31.6 Å². The van der Waals surface area contributed by atoms with E-state index in [0.29, 0.717) is 11.7 Å². The Balaban J connectivity index is 1.93. The minimum absolute atomic E-state index is 0.0205. The molecule has 2 heterocycles. The highest BCUT2D eigenvalue weighted by atomic mass is 32.1. The average molecular weight is 310 g/mol. The van der Waals surface area contributed by atoms with Crippen LogP contribution in [0.3, 0.4) is 0 Å². The van der Waals surface area contributed by atoms with Gasteiger partial charge in [-0.2, -0.15) is 0 Å². The summed E-state index contributed by atoms with van der Waals surface area (Å²) in [7, 11) is 1.90. The second kappa shape index (κ2) is 7.33. The molecule has 118 valence electrons. The Hall–Kier alpha value is -0.980. The van der Waals surface area contributed by atoms with E-state index >= 15 is 0 Å². The summed E-state index contributed by atoms with van der Waals surface area (Å²) in [6.07, 6.45) is 3.29. The molecule has 0 bridgehead atoms. The minimum atomic E-state index is -0.112. The Labute approximate surface area is 131 Å². The smallest absolute Gasteiger partial charge is 0.273 e. The number of carbonyl (C=O) groups is 1. The highest BCUT2D eigenvalue weighted by Gasteiger charge is 2.26. The lowest BCUT2D eigenvalue weighted by atomic mass is 10.0. The molecule has 1 aliphatic rings. The maximum absolute atomic E-state index is 12.5. The van der Waals surface area contributed by atoms with Crippen LogP contribution in [-0.2, 0) is 0 Å². The molecule has 1 aromatic rings. The number of piperidine rings is 1. The van der Waals surface area contributed by atoms with Crippen LogP contribution in [0, 0.1) is 0 Å². The Bertz CT molecular complexity index is 466. The van der Waals surface area contributed by atoms with Gasteiger partial charge in [-0.1, -0.05) is 6.92 Å². The molecule has 1 amide bonds. The summed E-state index contributed by atoms with van der Waals surface area (Å²) < 4.78 is 0. The molecular formula is C15H26N4OS. The van der Waals surface area contributed by atoms with Gasteiger partial charge < -0.3 is 15.5 Å². The van der Waals surface area contributed by atoms with E-state index in [1.165, 1.54) is 17.8 Å². The number of thiazole rings is 1. The first-order valence-corrected chi connectivity index (χ1v) is 8.61. The number of carbonyl (C=O) groups excluding carboxylic acids is 1. The van der Waals surface area contributed by atoms with Crippen molar-refractivity contribution in [1.29, 1.82) is 0 Å². The lowest BCUT2D eigenvalue weighted by Crippen LogP contribution is -2.45. The summed E-state index contributed by atoms with van der Waals surface area (Å²) in [6.45, 7) is 7.42. The fourth-order valence-electron chi connectivity index (χ4n) is 2.79. The quantitative estimate of drug-likeness (QED) is 0.905. The lowest BCUT2D eigenvalue weighted by molar-refractivity contribution is 0.0637. The maximum atomic E-state index is 12.5. The molecular weight excluding hydrogens is 284 g/mol. The molecule has 1 saturated heterocycles. The van der Waals surface area contributed by atoms with Crippen molar-refractivity contribution in [3.8, 4) is 0 Å². The van der Waals surface area contributed by atoms with Gasteiger partial charge in [0.1, 0.15) is 10.7 Å². The molecule has 0 saturated carbocycles. The topological polar surface area (TPSA) is 62.5 Å². The summed E-state index contributed by atoms with van der Waals surface area (Å²) in [4.78, 5) is 21.2. The monoisotopic (exact) mass is 310 g/mol. The van der Waals surface area contributed by atoms with E-state index < -0.39 is 0 Å². The van der Waals surface area contributed by atoms with Gasteiger partial charge in [-0.25, -0.2) is 4.98 Å². The molecule has 1 atom stereocenters. The van der Waals surface area contributed by atoms with Crippen LogP contribution in [0.15, 0.2) is 5.38 Å². The third-order valence-electron chi connectivity index (χ3n) is 4.10. The molecule has 0 radical (unpaired) electrons. The van der Waals surface area contributed by atoms with Gasteiger partial charge in [-0.05, 0) is 32.7 Å². The molecule has 5 nitrogen and oxygen atoms in total. The summed E-state index contributed by atoms with van der Waals surface area (Å²) in [5, 5.41) is 2.65. The molecule has 1 aliphatic heterocycles. The van der Waals surface area contributed by atoms with Crippen molar-refractivity contribution in [3.05, 3.63) is 16.1 Å². The van der Waals surface area contributed by atoms with Crippen LogP contribution in [0.25, 0.3) is 0 Å². The van der Waals surface area contributed by atoms with Crippen molar-refractivity contribution in [3.63, 3.8) is 0 Å². The van der Waals surface area contributed by atoms with Crippen LogP contribution in [0.2, 0.25) is 0 Å². The van der Waals surface area contributed by atoms with E-state index in [2.05, 4.69) is 16.8 Å². The first-order chi connectivity index (χ1) is 10.0. The molecule has 0 spiro atoms. The Kier molecular flexibility index (Phi) is 5.72. The highest BCUT2D eigenvalue weighted by molar-refractivity contribution is 7.09. The second-order valence-corrected chi connectivity index (χ2v) is 6.74. The molecule has 21 heavy (non-hydrogen) atoms. The van der Waals surface area contributed by atoms with Crippen LogP contribution in [0.5, 0.6) is 0 Å². The summed E-state index contributed by atoms with van der Waals surface area (Å²) in [6, 6.07) is 0.213. The third-order valence-corrected chi connectivity index (χ3v) is 5.14. The second-order valence-electron chi connectivity index (χ2n) is 5.85. The standard InChI is InChI=1S/C15H26N4OS/c1-4-7-19-8-5-12(6-9-19)18(3)15(20)13-10-21-14(17-13)11(2)16/h10-12H,4-9,16H2,1-3H3. The van der Waals surface area contributed by atoms with Crippen LogP contribution in [-0.4, -0.2) is 53.4 Å². The summed E-state index contributed by atoms with van der Waals surface area (Å²) >= 11 is 1.47. The predicted octanol–water partition coefficient (Wildman–Crippen LogP) is 2.11. The van der Waals surface area contributed by atoms with Crippen molar-refractivity contribution in [1.82, 2.24) is 14.8 Å². The zero-order valence-corrected chi connectivity index (χ0v) is 14.0. The zero-order valence-electron chi connectivity index (χ0n) is 13.2. The highest BCUT2D eigenvalue weighted by Crippen LogP contribution is 2.20. The van der Waals surface area contributed by atoms with E-state index in [9.17, 15) is 4.79 Å². The molecule has 1 fully saturated rings. The summed E-state index contributed by atoms with van der Waals surface area (Å²) in [5.41, 5.74) is 6.34.